The third-order valence-electron chi connectivity index (χ3n) is 3.20. The summed E-state index contributed by atoms with van der Waals surface area (Å²) in [6, 6.07) is 6.30. The van der Waals surface area contributed by atoms with Crippen molar-refractivity contribution in [2.45, 2.75) is 65.8 Å². The number of aliphatic hydroxyl groups excluding tert-OH is 1. The molecule has 0 radical (unpaired) electrons. The van der Waals surface area contributed by atoms with Crippen LogP contribution in [0.3, 0.4) is 0 Å². The molecular formula is C17H29NO3. The summed E-state index contributed by atoms with van der Waals surface area (Å²) in [6.07, 6.45) is 0.192. The molecule has 0 saturated carbocycles. The van der Waals surface area contributed by atoms with Gasteiger partial charge in [0.05, 0.1) is 12.7 Å². The molecule has 0 aliphatic heterocycles. The fraction of sp³-hybridized carbons (Fsp3) is 0.647. The van der Waals surface area contributed by atoms with Gasteiger partial charge in [-0.2, -0.15) is 0 Å². The zero-order valence-corrected chi connectivity index (χ0v) is 13.8. The third kappa shape index (κ3) is 6.36. The van der Waals surface area contributed by atoms with E-state index in [-0.39, 0.29) is 6.10 Å². The van der Waals surface area contributed by atoms with Gasteiger partial charge in [0.15, 0.2) is 0 Å². The Morgan fingerprint density at radius 1 is 1.19 bits per heavy atom. The average Bonchev–Trinajstić information content (AvgIpc) is 2.43. The molecule has 2 atom stereocenters. The van der Waals surface area contributed by atoms with E-state index in [1.165, 1.54) is 0 Å². The van der Waals surface area contributed by atoms with Crippen molar-refractivity contribution in [3.63, 3.8) is 0 Å². The van der Waals surface area contributed by atoms with Gasteiger partial charge in [0.1, 0.15) is 17.6 Å². The molecule has 1 aromatic carbocycles. The SMILES string of the molecule is CCCOc1ccc(CNC(C)C)c(OC(C)C(C)O)c1. The van der Waals surface area contributed by atoms with E-state index in [2.05, 4.69) is 26.1 Å². The number of hydrogen-bond acceptors (Lipinski definition) is 4. The molecule has 0 aliphatic rings. The van der Waals surface area contributed by atoms with Crippen LogP contribution in [0.2, 0.25) is 0 Å². The normalized spacial score (nSPS) is 14.0. The second kappa shape index (κ2) is 8.90. The molecule has 2 unspecified atom stereocenters. The van der Waals surface area contributed by atoms with Crippen LogP contribution in [-0.4, -0.2) is 30.0 Å². The van der Waals surface area contributed by atoms with Gasteiger partial charge in [-0.3, -0.25) is 0 Å². The van der Waals surface area contributed by atoms with E-state index in [0.29, 0.717) is 12.6 Å². The zero-order valence-electron chi connectivity index (χ0n) is 13.8. The molecule has 0 aliphatic carbocycles. The van der Waals surface area contributed by atoms with Gasteiger partial charge in [0, 0.05) is 24.2 Å². The number of hydrogen-bond donors (Lipinski definition) is 2. The Bertz CT molecular complexity index is 418. The largest absolute Gasteiger partial charge is 0.493 e. The summed E-state index contributed by atoms with van der Waals surface area (Å²) in [5.74, 6) is 1.57. The monoisotopic (exact) mass is 295 g/mol. The average molecular weight is 295 g/mol. The summed E-state index contributed by atoms with van der Waals surface area (Å²) < 4.78 is 11.5. The number of ether oxygens (including phenoxy) is 2. The molecular weight excluding hydrogens is 266 g/mol. The molecule has 0 heterocycles. The van der Waals surface area contributed by atoms with Crippen LogP contribution in [-0.2, 0) is 6.54 Å². The van der Waals surface area contributed by atoms with Gasteiger partial charge >= 0.3 is 0 Å². The quantitative estimate of drug-likeness (QED) is 0.735. The lowest BCUT2D eigenvalue weighted by atomic mass is 10.1. The smallest absolute Gasteiger partial charge is 0.128 e. The number of benzene rings is 1. The summed E-state index contributed by atoms with van der Waals surface area (Å²) in [4.78, 5) is 0. The number of rotatable bonds is 9. The molecule has 4 nitrogen and oxygen atoms in total. The highest BCUT2D eigenvalue weighted by Crippen LogP contribution is 2.26. The summed E-state index contributed by atoms with van der Waals surface area (Å²) >= 11 is 0. The van der Waals surface area contributed by atoms with E-state index in [9.17, 15) is 5.11 Å². The topological polar surface area (TPSA) is 50.7 Å². The Labute approximate surface area is 128 Å². The summed E-state index contributed by atoms with van der Waals surface area (Å²) in [6.45, 7) is 11.3. The van der Waals surface area contributed by atoms with Crippen LogP contribution in [0, 0.1) is 0 Å². The zero-order chi connectivity index (χ0) is 15.8. The fourth-order valence-corrected chi connectivity index (χ4v) is 1.71. The highest BCUT2D eigenvalue weighted by atomic mass is 16.5. The van der Waals surface area contributed by atoms with E-state index < -0.39 is 6.10 Å². The van der Waals surface area contributed by atoms with Gasteiger partial charge in [0.25, 0.3) is 0 Å². The van der Waals surface area contributed by atoms with Crippen molar-refractivity contribution >= 4 is 0 Å². The highest BCUT2D eigenvalue weighted by Gasteiger charge is 2.14. The van der Waals surface area contributed by atoms with Gasteiger partial charge in [-0.15, -0.1) is 0 Å². The lowest BCUT2D eigenvalue weighted by molar-refractivity contribution is 0.0595. The van der Waals surface area contributed by atoms with E-state index in [4.69, 9.17) is 9.47 Å². The summed E-state index contributed by atoms with van der Waals surface area (Å²) in [5, 5.41) is 13.0. The van der Waals surface area contributed by atoms with E-state index in [0.717, 1.165) is 30.0 Å². The molecule has 120 valence electrons. The maximum absolute atomic E-state index is 9.63. The van der Waals surface area contributed by atoms with Crippen molar-refractivity contribution in [3.05, 3.63) is 23.8 Å². The first-order valence-corrected chi connectivity index (χ1v) is 7.77. The summed E-state index contributed by atoms with van der Waals surface area (Å²) in [7, 11) is 0. The van der Waals surface area contributed by atoms with Gasteiger partial charge in [-0.25, -0.2) is 0 Å². The van der Waals surface area contributed by atoms with Crippen LogP contribution < -0.4 is 14.8 Å². The van der Waals surface area contributed by atoms with E-state index in [1.807, 2.05) is 25.1 Å². The van der Waals surface area contributed by atoms with Crippen LogP contribution in [0.25, 0.3) is 0 Å². The lowest BCUT2D eigenvalue weighted by Gasteiger charge is -2.21. The van der Waals surface area contributed by atoms with Crippen molar-refractivity contribution in [3.8, 4) is 11.5 Å². The Hall–Kier alpha value is -1.26. The van der Waals surface area contributed by atoms with Crippen LogP contribution in [0.5, 0.6) is 11.5 Å². The van der Waals surface area contributed by atoms with Crippen LogP contribution in [0.4, 0.5) is 0 Å². The molecule has 0 aromatic heterocycles. The van der Waals surface area contributed by atoms with Gasteiger partial charge in [0.2, 0.25) is 0 Å². The second-order valence-electron chi connectivity index (χ2n) is 5.72. The predicted octanol–water partition coefficient (Wildman–Crippen LogP) is 3.12. The minimum Gasteiger partial charge on any atom is -0.493 e. The van der Waals surface area contributed by atoms with Crippen molar-refractivity contribution in [2.75, 3.05) is 6.61 Å². The maximum atomic E-state index is 9.63. The first-order valence-electron chi connectivity index (χ1n) is 7.77. The van der Waals surface area contributed by atoms with Crippen molar-refractivity contribution < 1.29 is 14.6 Å². The van der Waals surface area contributed by atoms with Crippen LogP contribution in [0.1, 0.15) is 46.6 Å². The molecule has 21 heavy (non-hydrogen) atoms. The first kappa shape index (κ1) is 17.8. The molecule has 1 aromatic rings. The van der Waals surface area contributed by atoms with Crippen molar-refractivity contribution in [1.82, 2.24) is 5.32 Å². The Morgan fingerprint density at radius 2 is 1.90 bits per heavy atom. The number of aliphatic hydroxyl groups is 1. The molecule has 0 fully saturated rings. The molecule has 0 spiro atoms. The molecule has 2 N–H and O–H groups in total. The lowest BCUT2D eigenvalue weighted by Crippen LogP contribution is -2.27. The van der Waals surface area contributed by atoms with E-state index >= 15 is 0 Å². The molecule has 0 saturated heterocycles. The Morgan fingerprint density at radius 3 is 2.48 bits per heavy atom. The number of nitrogens with one attached hydrogen (secondary N) is 1. The van der Waals surface area contributed by atoms with E-state index in [1.54, 1.807) is 6.92 Å². The minimum absolute atomic E-state index is 0.260. The Balaban J connectivity index is 2.88. The van der Waals surface area contributed by atoms with Gasteiger partial charge in [-0.1, -0.05) is 26.8 Å². The highest BCUT2D eigenvalue weighted by molar-refractivity contribution is 5.41. The summed E-state index contributed by atoms with van der Waals surface area (Å²) in [5.41, 5.74) is 1.07. The van der Waals surface area contributed by atoms with Gasteiger partial charge < -0.3 is 19.9 Å². The first-order chi connectivity index (χ1) is 9.93. The third-order valence-corrected chi connectivity index (χ3v) is 3.20. The second-order valence-corrected chi connectivity index (χ2v) is 5.72. The molecule has 0 amide bonds. The standard InChI is InChI=1S/C17H29NO3/c1-6-9-20-16-8-7-15(11-18-12(2)3)17(10-16)21-14(5)13(4)19/h7-8,10,12-14,18-19H,6,9,11H2,1-5H3. The van der Waals surface area contributed by atoms with Crippen LogP contribution >= 0.6 is 0 Å². The fourth-order valence-electron chi connectivity index (χ4n) is 1.71. The molecule has 1 rings (SSSR count). The molecule has 0 bridgehead atoms. The minimum atomic E-state index is -0.517. The van der Waals surface area contributed by atoms with Crippen LogP contribution in [0.15, 0.2) is 18.2 Å². The predicted molar refractivity (Wildman–Crippen MR) is 86.0 cm³/mol. The Kier molecular flexibility index (Phi) is 7.54. The van der Waals surface area contributed by atoms with Crippen molar-refractivity contribution in [2.24, 2.45) is 0 Å². The van der Waals surface area contributed by atoms with Crippen molar-refractivity contribution in [1.29, 1.82) is 0 Å². The van der Waals surface area contributed by atoms with Gasteiger partial charge in [-0.05, 0) is 26.3 Å². The molecule has 4 heteroatoms. The maximum Gasteiger partial charge on any atom is 0.128 e.